The highest BCUT2D eigenvalue weighted by atomic mass is 32.1. The number of thiophene rings is 1. The minimum absolute atomic E-state index is 0.0875. The van der Waals surface area contributed by atoms with Gasteiger partial charge in [-0.15, -0.1) is 11.3 Å². The van der Waals surface area contributed by atoms with E-state index in [1.165, 1.54) is 6.07 Å². The van der Waals surface area contributed by atoms with Gasteiger partial charge in [-0.3, -0.25) is 11.3 Å². The molecule has 3 nitrogen and oxygen atoms in total. The zero-order valence-electron chi connectivity index (χ0n) is 10.9. The Balaban J connectivity index is 2.26. The molecule has 0 bridgehead atoms. The Bertz CT molecular complexity index is 556. The van der Waals surface area contributed by atoms with Crippen molar-refractivity contribution >= 4 is 11.3 Å². The fourth-order valence-corrected chi connectivity index (χ4v) is 2.96. The van der Waals surface area contributed by atoms with Crippen LogP contribution < -0.4 is 16.0 Å². The number of hydrazine groups is 1. The van der Waals surface area contributed by atoms with Crippen LogP contribution in [0.25, 0.3) is 0 Å². The zero-order valence-corrected chi connectivity index (χ0v) is 11.8. The molecule has 102 valence electrons. The first-order valence-electron chi connectivity index (χ1n) is 5.98. The molecule has 0 radical (unpaired) electrons. The summed E-state index contributed by atoms with van der Waals surface area (Å²) in [7, 11) is 1.63. The van der Waals surface area contributed by atoms with E-state index >= 15 is 0 Å². The standard InChI is InChI=1S/C14H17FN2OS/c1-9-3-4-11(15)7-10(9)8-12(17-16)14-13(18-2)5-6-19-14/h3-7,12,17H,8,16H2,1-2H3. The molecule has 1 atom stereocenters. The molecule has 1 unspecified atom stereocenters. The van der Waals surface area contributed by atoms with Crippen LogP contribution in [0.3, 0.4) is 0 Å². The van der Waals surface area contributed by atoms with Crippen LogP contribution in [0.2, 0.25) is 0 Å². The molecule has 0 amide bonds. The number of halogens is 1. The predicted molar refractivity (Wildman–Crippen MR) is 75.8 cm³/mol. The van der Waals surface area contributed by atoms with Crippen LogP contribution in [0, 0.1) is 12.7 Å². The summed E-state index contributed by atoms with van der Waals surface area (Å²) in [6, 6.07) is 6.62. The summed E-state index contributed by atoms with van der Waals surface area (Å²) < 4.78 is 18.6. The Morgan fingerprint density at radius 1 is 1.42 bits per heavy atom. The third-order valence-corrected chi connectivity index (χ3v) is 4.14. The van der Waals surface area contributed by atoms with E-state index in [4.69, 9.17) is 10.6 Å². The van der Waals surface area contributed by atoms with E-state index in [1.54, 1.807) is 30.6 Å². The van der Waals surface area contributed by atoms with Gasteiger partial charge in [-0.1, -0.05) is 6.07 Å². The summed E-state index contributed by atoms with van der Waals surface area (Å²) in [4.78, 5) is 1.02. The van der Waals surface area contributed by atoms with Crippen molar-refractivity contribution in [3.8, 4) is 5.75 Å². The number of rotatable bonds is 5. The molecule has 1 heterocycles. The van der Waals surface area contributed by atoms with E-state index in [1.807, 2.05) is 18.4 Å². The van der Waals surface area contributed by atoms with E-state index < -0.39 is 0 Å². The van der Waals surface area contributed by atoms with Gasteiger partial charge in [-0.25, -0.2) is 4.39 Å². The van der Waals surface area contributed by atoms with Gasteiger partial charge in [0.05, 0.1) is 18.0 Å². The summed E-state index contributed by atoms with van der Waals surface area (Å²) in [5.41, 5.74) is 4.78. The van der Waals surface area contributed by atoms with Crippen molar-refractivity contribution in [2.75, 3.05) is 7.11 Å². The van der Waals surface area contributed by atoms with Gasteiger partial charge in [0, 0.05) is 0 Å². The number of hydrogen-bond acceptors (Lipinski definition) is 4. The smallest absolute Gasteiger partial charge is 0.134 e. The number of nitrogens with one attached hydrogen (secondary N) is 1. The van der Waals surface area contributed by atoms with Gasteiger partial charge in [0.1, 0.15) is 11.6 Å². The fraction of sp³-hybridized carbons (Fsp3) is 0.286. The van der Waals surface area contributed by atoms with Crippen LogP contribution in [0.4, 0.5) is 4.39 Å². The second kappa shape index (κ2) is 6.14. The van der Waals surface area contributed by atoms with Crippen LogP contribution in [0.15, 0.2) is 29.6 Å². The lowest BCUT2D eigenvalue weighted by molar-refractivity contribution is 0.403. The lowest BCUT2D eigenvalue weighted by atomic mass is 10.00. The highest BCUT2D eigenvalue weighted by Gasteiger charge is 2.18. The molecular formula is C14H17FN2OS. The van der Waals surface area contributed by atoms with Gasteiger partial charge in [0.15, 0.2) is 0 Å². The van der Waals surface area contributed by atoms with Gasteiger partial charge >= 0.3 is 0 Å². The van der Waals surface area contributed by atoms with Crippen LogP contribution in [0.5, 0.6) is 5.75 Å². The molecular weight excluding hydrogens is 263 g/mol. The van der Waals surface area contributed by atoms with Crippen molar-refractivity contribution in [1.82, 2.24) is 5.43 Å². The molecule has 0 saturated heterocycles. The van der Waals surface area contributed by atoms with Gasteiger partial charge in [-0.05, 0) is 48.1 Å². The van der Waals surface area contributed by atoms with Crippen molar-refractivity contribution in [2.45, 2.75) is 19.4 Å². The molecule has 5 heteroatoms. The molecule has 2 aromatic rings. The third-order valence-electron chi connectivity index (χ3n) is 3.13. The van der Waals surface area contributed by atoms with Crippen molar-refractivity contribution in [3.63, 3.8) is 0 Å². The van der Waals surface area contributed by atoms with E-state index in [0.29, 0.717) is 6.42 Å². The average Bonchev–Trinajstić information content (AvgIpc) is 2.88. The molecule has 0 spiro atoms. The SMILES string of the molecule is COc1ccsc1C(Cc1cc(F)ccc1C)NN. The Morgan fingerprint density at radius 2 is 2.21 bits per heavy atom. The number of ether oxygens (including phenoxy) is 1. The van der Waals surface area contributed by atoms with E-state index in [0.717, 1.165) is 21.8 Å². The van der Waals surface area contributed by atoms with Gasteiger partial charge in [0.25, 0.3) is 0 Å². The highest BCUT2D eigenvalue weighted by molar-refractivity contribution is 7.10. The second-order valence-corrected chi connectivity index (χ2v) is 5.30. The molecule has 0 aliphatic carbocycles. The molecule has 19 heavy (non-hydrogen) atoms. The van der Waals surface area contributed by atoms with Crippen molar-refractivity contribution in [3.05, 3.63) is 51.5 Å². The number of nitrogens with two attached hydrogens (primary N) is 1. The average molecular weight is 280 g/mol. The lowest BCUT2D eigenvalue weighted by Crippen LogP contribution is -2.29. The largest absolute Gasteiger partial charge is 0.496 e. The van der Waals surface area contributed by atoms with Crippen molar-refractivity contribution < 1.29 is 9.13 Å². The minimum atomic E-state index is -0.227. The molecule has 0 aliphatic rings. The summed E-state index contributed by atoms with van der Waals surface area (Å²) in [5, 5.41) is 1.96. The normalized spacial score (nSPS) is 12.4. The molecule has 0 saturated carbocycles. The number of methoxy groups -OCH3 is 1. The first kappa shape index (κ1) is 14.0. The lowest BCUT2D eigenvalue weighted by Gasteiger charge is -2.17. The summed E-state index contributed by atoms with van der Waals surface area (Å²) in [5.74, 6) is 6.21. The first-order chi connectivity index (χ1) is 9.15. The number of aryl methyl sites for hydroxylation is 1. The van der Waals surface area contributed by atoms with Gasteiger partial charge < -0.3 is 4.74 Å². The summed E-state index contributed by atoms with van der Waals surface area (Å²) in [6.07, 6.45) is 0.622. The molecule has 3 N–H and O–H groups in total. The van der Waals surface area contributed by atoms with Crippen LogP contribution in [-0.2, 0) is 6.42 Å². The maximum absolute atomic E-state index is 13.3. The quantitative estimate of drug-likeness (QED) is 0.654. The fourth-order valence-electron chi connectivity index (χ4n) is 2.04. The summed E-state index contributed by atoms with van der Waals surface area (Å²) in [6.45, 7) is 1.97. The number of benzene rings is 1. The van der Waals surface area contributed by atoms with Crippen LogP contribution in [0.1, 0.15) is 22.0 Å². The van der Waals surface area contributed by atoms with Crippen LogP contribution in [-0.4, -0.2) is 7.11 Å². The molecule has 0 fully saturated rings. The Labute approximate surface area is 116 Å². The minimum Gasteiger partial charge on any atom is -0.496 e. The van der Waals surface area contributed by atoms with Crippen LogP contribution >= 0.6 is 11.3 Å². The van der Waals surface area contributed by atoms with Gasteiger partial charge in [0.2, 0.25) is 0 Å². The maximum atomic E-state index is 13.3. The monoisotopic (exact) mass is 280 g/mol. The molecule has 0 aliphatic heterocycles. The highest BCUT2D eigenvalue weighted by Crippen LogP contribution is 2.32. The van der Waals surface area contributed by atoms with E-state index in [2.05, 4.69) is 5.43 Å². The van der Waals surface area contributed by atoms with E-state index in [-0.39, 0.29) is 11.9 Å². The second-order valence-electron chi connectivity index (χ2n) is 4.35. The van der Waals surface area contributed by atoms with E-state index in [9.17, 15) is 4.39 Å². The zero-order chi connectivity index (χ0) is 13.8. The van der Waals surface area contributed by atoms with Crippen molar-refractivity contribution in [1.29, 1.82) is 0 Å². The Hall–Kier alpha value is -1.43. The third kappa shape index (κ3) is 3.12. The maximum Gasteiger partial charge on any atom is 0.134 e. The van der Waals surface area contributed by atoms with Crippen molar-refractivity contribution in [2.24, 2.45) is 5.84 Å². The molecule has 2 rings (SSSR count). The summed E-state index contributed by atoms with van der Waals surface area (Å²) >= 11 is 1.57. The first-order valence-corrected chi connectivity index (χ1v) is 6.86. The molecule has 1 aromatic carbocycles. The predicted octanol–water partition coefficient (Wildman–Crippen LogP) is 2.95. The molecule has 1 aromatic heterocycles. The Morgan fingerprint density at radius 3 is 2.89 bits per heavy atom. The topological polar surface area (TPSA) is 47.3 Å². The number of hydrogen-bond donors (Lipinski definition) is 2. The van der Waals surface area contributed by atoms with Gasteiger partial charge in [-0.2, -0.15) is 0 Å². The Kier molecular flexibility index (Phi) is 4.52.